The van der Waals surface area contributed by atoms with Crippen LogP contribution in [0.1, 0.15) is 133 Å². The van der Waals surface area contributed by atoms with Crippen molar-refractivity contribution in [2.75, 3.05) is 0 Å². The van der Waals surface area contributed by atoms with Gasteiger partial charge in [-0.1, -0.05) is 149 Å². The third-order valence-corrected chi connectivity index (χ3v) is 19.8. The van der Waals surface area contributed by atoms with E-state index in [0.717, 1.165) is 41.8 Å². The normalized spacial score (nSPS) is 11.2. The topological polar surface area (TPSA) is 43.1 Å². The zero-order chi connectivity index (χ0) is 46.8. The number of halogens is 1. The Morgan fingerprint density at radius 2 is 0.906 bits per heavy atom. The Morgan fingerprint density at radius 1 is 0.500 bits per heavy atom. The average molecular weight is 1010 g/mol. The molecule has 5 aromatic carbocycles. The second-order valence-corrected chi connectivity index (χ2v) is 29.1. The van der Waals surface area contributed by atoms with Gasteiger partial charge in [0.15, 0.2) is 0 Å². The number of nitro groups is 1. The molecule has 0 saturated carbocycles. The summed E-state index contributed by atoms with van der Waals surface area (Å²) in [5.74, 6) is 29.8. The zero-order valence-corrected chi connectivity index (χ0v) is 43.8. The van der Waals surface area contributed by atoms with Crippen LogP contribution < -0.4 is 0 Å². The maximum absolute atomic E-state index is 12.4. The maximum atomic E-state index is 12.4. The molecule has 0 spiro atoms. The average Bonchev–Trinajstić information content (AvgIpc) is 3.21. The number of hydrogen-bond donors (Lipinski definition) is 0. The summed E-state index contributed by atoms with van der Waals surface area (Å²) in [6, 6.07) is 33.5. The quantitative estimate of drug-likeness (QED) is 0.0425. The number of nitro benzene ring substituents is 1. The molecule has 0 unspecified atom stereocenters. The predicted molar refractivity (Wildman–Crippen MR) is 285 cm³/mol. The van der Waals surface area contributed by atoms with Gasteiger partial charge < -0.3 is 0 Å². The Balaban J connectivity index is 1.44. The van der Waals surface area contributed by atoms with Crippen molar-refractivity contribution in [3.05, 3.63) is 167 Å². The molecule has 64 heavy (non-hydrogen) atoms. The summed E-state index contributed by atoms with van der Waals surface area (Å²) in [5, 5.41) is 12.4. The number of rotatable bonds is 6. The van der Waals surface area contributed by atoms with Crippen LogP contribution in [0.15, 0.2) is 113 Å². The second-order valence-electron chi connectivity index (χ2n) is 18.6. The van der Waals surface area contributed by atoms with Crippen molar-refractivity contribution >= 4 is 59.9 Å². The van der Waals surface area contributed by atoms with Gasteiger partial charge in [-0.05, 0) is 124 Å². The summed E-state index contributed by atoms with van der Waals surface area (Å²) in [6.07, 6.45) is 0. The molecule has 3 nitrogen and oxygen atoms in total. The van der Waals surface area contributed by atoms with Crippen LogP contribution in [0.25, 0.3) is 0 Å². The predicted octanol–water partition coefficient (Wildman–Crippen LogP) is 15.1. The molecule has 7 heteroatoms. The molecule has 0 heterocycles. The van der Waals surface area contributed by atoms with Crippen LogP contribution in [-0.2, 0) is 0 Å². The highest BCUT2D eigenvalue weighted by Gasteiger charge is 2.41. The van der Waals surface area contributed by atoms with Crippen molar-refractivity contribution in [1.29, 1.82) is 0 Å². The highest BCUT2D eigenvalue weighted by molar-refractivity contribution is 14.1. The molecule has 5 aromatic rings. The van der Waals surface area contributed by atoms with Gasteiger partial charge in [-0.3, -0.25) is 10.1 Å². The van der Waals surface area contributed by atoms with Gasteiger partial charge in [0.1, 0.15) is 13.6 Å². The second kappa shape index (κ2) is 21.8. The van der Waals surface area contributed by atoms with Gasteiger partial charge in [0.05, 0.1) is 4.92 Å². The zero-order valence-electron chi connectivity index (χ0n) is 39.0. The minimum Gasteiger partial charge on any atom is -0.258 e. The molecule has 0 saturated heterocycles. The molecule has 0 aliphatic heterocycles. The molecule has 0 aromatic heterocycles. The Hall–Kier alpha value is -5.05. The van der Waals surface area contributed by atoms with Crippen molar-refractivity contribution in [3.8, 4) is 58.8 Å². The fraction of sp³-hybridized carbons (Fsp3) is 0.298. The summed E-state index contributed by atoms with van der Waals surface area (Å²) in [7, 11) is -2.01. The maximum Gasteiger partial charge on any atom is 0.286 e. The van der Waals surface area contributed by atoms with E-state index in [1.165, 1.54) is 4.90 Å². The van der Waals surface area contributed by atoms with Gasteiger partial charge in [0.25, 0.3) is 5.69 Å². The van der Waals surface area contributed by atoms with E-state index in [1.807, 2.05) is 78.5 Å². The summed E-state index contributed by atoms with van der Waals surface area (Å²) >= 11 is 5.93. The third-order valence-electron chi connectivity index (χ3n) is 10.4. The summed E-state index contributed by atoms with van der Waals surface area (Å²) in [6.45, 7) is 26.7. The van der Waals surface area contributed by atoms with E-state index < -0.39 is 8.07 Å². The molecule has 0 amide bonds. The standard InChI is InChI=1S/C57H56INO2S2Si/c1-40(2)64(41(3)4,42(5)6)34-33-47-21-24-49(55(37-47)59(60)61)28-27-48-29-30-52(62-56(7,8)9)38-50(48)25-22-45-17-13-15-43(35-45)19-20-44-16-14-18-46(36-44)23-26-51-39-53(31-32-54(51)58)63-57(10,11)12/h13-18,21,24,29-32,35-42H,1-12H3. The first kappa shape index (κ1) is 50.0. The van der Waals surface area contributed by atoms with Gasteiger partial charge in [-0.15, -0.1) is 29.1 Å². The van der Waals surface area contributed by atoms with Crippen molar-refractivity contribution < 1.29 is 4.92 Å². The lowest BCUT2D eigenvalue weighted by Crippen LogP contribution is -2.43. The fourth-order valence-electron chi connectivity index (χ4n) is 7.56. The van der Waals surface area contributed by atoms with E-state index >= 15 is 0 Å². The van der Waals surface area contributed by atoms with Crippen LogP contribution >= 0.6 is 46.1 Å². The smallest absolute Gasteiger partial charge is 0.258 e. The van der Waals surface area contributed by atoms with Crippen molar-refractivity contribution in [1.82, 2.24) is 0 Å². The van der Waals surface area contributed by atoms with E-state index in [4.69, 9.17) is 0 Å². The minimum atomic E-state index is -2.01. The minimum absolute atomic E-state index is 0.0141. The van der Waals surface area contributed by atoms with E-state index in [9.17, 15) is 10.1 Å². The Bertz CT molecular complexity index is 2850. The molecule has 0 aliphatic rings. The molecule has 0 atom stereocenters. The Labute approximate surface area is 406 Å². The van der Waals surface area contributed by atoms with Crippen LogP contribution in [0.4, 0.5) is 5.69 Å². The molecule has 0 fully saturated rings. The van der Waals surface area contributed by atoms with Crippen LogP contribution in [0.2, 0.25) is 16.6 Å². The molecule has 324 valence electrons. The molecular formula is C57H56INO2S2Si. The summed E-state index contributed by atoms with van der Waals surface area (Å²) in [5.41, 5.74) is 11.9. The summed E-state index contributed by atoms with van der Waals surface area (Å²) < 4.78 is 1.23. The van der Waals surface area contributed by atoms with Gasteiger partial charge in [-0.2, -0.15) is 0 Å². The highest BCUT2D eigenvalue weighted by Crippen LogP contribution is 2.41. The largest absolute Gasteiger partial charge is 0.286 e. The fourth-order valence-corrected chi connectivity index (χ4v) is 15.3. The lowest BCUT2D eigenvalue weighted by Gasteiger charge is -2.38. The van der Waals surface area contributed by atoms with Crippen molar-refractivity contribution in [2.24, 2.45) is 0 Å². The molecule has 0 radical (unpaired) electrons. The van der Waals surface area contributed by atoms with Crippen molar-refractivity contribution in [3.63, 3.8) is 0 Å². The van der Waals surface area contributed by atoms with Crippen molar-refractivity contribution in [2.45, 2.75) is 119 Å². The van der Waals surface area contributed by atoms with Crippen LogP contribution in [0, 0.1) is 72.5 Å². The number of benzene rings is 5. The first-order chi connectivity index (χ1) is 30.1. The molecule has 5 rings (SSSR count). The van der Waals surface area contributed by atoms with E-state index in [2.05, 4.69) is 189 Å². The summed E-state index contributed by atoms with van der Waals surface area (Å²) in [4.78, 5) is 14.3. The van der Waals surface area contributed by atoms with E-state index in [-0.39, 0.29) is 20.1 Å². The number of hydrogen-bond acceptors (Lipinski definition) is 4. The third kappa shape index (κ3) is 14.2. The Kier molecular flexibility index (Phi) is 17.0. The van der Waals surface area contributed by atoms with Crippen LogP contribution in [-0.4, -0.2) is 22.5 Å². The van der Waals surface area contributed by atoms with E-state index in [1.54, 1.807) is 23.9 Å². The lowest BCUT2D eigenvalue weighted by molar-refractivity contribution is -0.385. The molecular weight excluding hydrogens is 950 g/mol. The number of nitrogens with zero attached hydrogens (tertiary/aromatic N) is 1. The SMILES string of the molecule is CC(C)[Si](C#Cc1ccc(C#Cc2ccc(SC(C)(C)C)cc2C#Cc2cccc(C#Cc3cccc(C#Cc4cc(SC(C)(C)C)ccc4I)c3)c2)c([N+](=O)[O-])c1)(C(C)C)C(C)C. The first-order valence-corrected chi connectivity index (χ1v) is 26.5. The Morgan fingerprint density at radius 3 is 1.39 bits per heavy atom. The van der Waals surface area contributed by atoms with Gasteiger partial charge in [0, 0.05) is 73.4 Å². The first-order valence-electron chi connectivity index (χ1n) is 21.5. The van der Waals surface area contributed by atoms with Gasteiger partial charge in [-0.25, -0.2) is 0 Å². The van der Waals surface area contributed by atoms with Crippen LogP contribution in [0.3, 0.4) is 0 Å². The molecule has 0 bridgehead atoms. The van der Waals surface area contributed by atoms with Gasteiger partial charge in [0.2, 0.25) is 0 Å². The van der Waals surface area contributed by atoms with Crippen LogP contribution in [0.5, 0.6) is 0 Å². The lowest BCUT2D eigenvalue weighted by atomic mass is 10.1. The van der Waals surface area contributed by atoms with E-state index in [0.29, 0.717) is 33.3 Å². The van der Waals surface area contributed by atoms with Gasteiger partial charge >= 0.3 is 0 Å². The highest BCUT2D eigenvalue weighted by atomic mass is 127. The number of thioether (sulfide) groups is 2. The molecule has 0 aliphatic carbocycles. The molecule has 0 N–H and O–H groups in total. The monoisotopic (exact) mass is 1010 g/mol.